The highest BCUT2D eigenvalue weighted by Crippen LogP contribution is 2.76. The Hall–Kier alpha value is -1.02. The summed E-state index contributed by atoms with van der Waals surface area (Å²) < 4.78 is 11.6. The molecule has 0 aromatic heterocycles. The molecule has 0 aromatic rings. The molecule has 7 nitrogen and oxygen atoms in total. The van der Waals surface area contributed by atoms with Gasteiger partial charge in [0.1, 0.15) is 5.78 Å². The van der Waals surface area contributed by atoms with Crippen LogP contribution in [-0.2, 0) is 19.1 Å². The lowest BCUT2D eigenvalue weighted by Gasteiger charge is -2.72. The maximum atomic E-state index is 13.2. The van der Waals surface area contributed by atoms with Crippen LogP contribution in [-0.4, -0.2) is 57.8 Å². The van der Waals surface area contributed by atoms with Crippen LogP contribution in [0.15, 0.2) is 0 Å². The van der Waals surface area contributed by atoms with Crippen molar-refractivity contribution in [3.05, 3.63) is 0 Å². The van der Waals surface area contributed by atoms with Crippen molar-refractivity contribution in [3.63, 3.8) is 0 Å². The Labute approximate surface area is 158 Å². The molecule has 4 bridgehead atoms. The highest BCUT2D eigenvalue weighted by atomic mass is 16.7. The Morgan fingerprint density at radius 2 is 1.89 bits per heavy atom. The van der Waals surface area contributed by atoms with Crippen molar-refractivity contribution in [2.75, 3.05) is 6.61 Å². The van der Waals surface area contributed by atoms with Gasteiger partial charge in [-0.05, 0) is 43.9 Å². The maximum absolute atomic E-state index is 13.2. The van der Waals surface area contributed by atoms with Gasteiger partial charge in [-0.25, -0.2) is 0 Å². The number of fused-ring (bicyclic) bond motifs is 1. The van der Waals surface area contributed by atoms with Gasteiger partial charge in [0, 0.05) is 17.3 Å². The van der Waals surface area contributed by atoms with Gasteiger partial charge < -0.3 is 24.8 Å². The SMILES string of the molecule is CC(=O)[C@H]1CC[C@H]2[C@@]34CO[C@@]5(O)[C@@H](OC(=O)[C@]25[C@@H]1O)[C@@H]3C(C)(C)CC[C@@H]4O. The van der Waals surface area contributed by atoms with E-state index in [2.05, 4.69) is 13.8 Å². The molecule has 0 unspecified atom stereocenters. The fourth-order valence-electron chi connectivity index (χ4n) is 7.80. The third kappa shape index (κ3) is 1.63. The molecular weight excluding hydrogens is 352 g/mol. The molecule has 9 atom stereocenters. The van der Waals surface area contributed by atoms with Crippen molar-refractivity contribution in [2.24, 2.45) is 34.0 Å². The largest absolute Gasteiger partial charge is 0.456 e. The number of ether oxygens (including phenoxy) is 2. The molecule has 6 fully saturated rings. The summed E-state index contributed by atoms with van der Waals surface area (Å²) in [5, 5.41) is 34.1. The summed E-state index contributed by atoms with van der Waals surface area (Å²) in [5.41, 5.74) is -2.75. The third-order valence-electron chi connectivity index (χ3n) is 8.83. The molecule has 3 heterocycles. The first-order valence-corrected chi connectivity index (χ1v) is 9.99. The van der Waals surface area contributed by atoms with Crippen LogP contribution in [0.2, 0.25) is 0 Å². The van der Waals surface area contributed by atoms with Crippen molar-refractivity contribution >= 4 is 11.8 Å². The summed E-state index contributed by atoms with van der Waals surface area (Å²) in [6.45, 7) is 5.70. The van der Waals surface area contributed by atoms with Gasteiger partial charge in [-0.3, -0.25) is 9.59 Å². The minimum absolute atomic E-state index is 0.135. The zero-order valence-corrected chi connectivity index (χ0v) is 16.0. The average molecular weight is 380 g/mol. The molecule has 3 aliphatic carbocycles. The van der Waals surface area contributed by atoms with Gasteiger partial charge in [-0.1, -0.05) is 13.8 Å². The van der Waals surface area contributed by atoms with E-state index in [1.54, 1.807) is 0 Å². The standard InChI is InChI=1S/C20H28O7/c1-9(21)10-4-5-11-18-8-26-20(25)15(27-16(24)19(11,20)14(10)23)13(18)17(2,3)7-6-12(18)22/h10-15,22-23,25H,4-8H2,1-3H3/t10-,11+,12+,13-,14-,15+,18-,19-,20+/m1/s1. The molecule has 3 saturated heterocycles. The second-order valence-corrected chi connectivity index (χ2v) is 10.1. The molecule has 3 saturated carbocycles. The lowest BCUT2D eigenvalue weighted by Crippen LogP contribution is -2.83. The number of esters is 1. The Morgan fingerprint density at radius 3 is 2.56 bits per heavy atom. The van der Waals surface area contributed by atoms with Crippen molar-refractivity contribution in [3.8, 4) is 0 Å². The van der Waals surface area contributed by atoms with Gasteiger partial charge in [-0.2, -0.15) is 0 Å². The maximum Gasteiger partial charge on any atom is 0.321 e. The van der Waals surface area contributed by atoms with Gasteiger partial charge in [0.2, 0.25) is 5.79 Å². The van der Waals surface area contributed by atoms with E-state index < -0.39 is 52.7 Å². The number of hydrogen-bond donors (Lipinski definition) is 3. The number of hydrogen-bond acceptors (Lipinski definition) is 7. The molecule has 3 aliphatic heterocycles. The van der Waals surface area contributed by atoms with Crippen LogP contribution < -0.4 is 0 Å². The second kappa shape index (κ2) is 4.93. The monoisotopic (exact) mass is 380 g/mol. The molecule has 3 N–H and O–H groups in total. The topological polar surface area (TPSA) is 113 Å². The first kappa shape index (κ1) is 18.0. The van der Waals surface area contributed by atoms with Crippen LogP contribution in [0.3, 0.4) is 0 Å². The Morgan fingerprint density at radius 1 is 1.19 bits per heavy atom. The highest BCUT2D eigenvalue weighted by molar-refractivity contribution is 5.87. The fourth-order valence-corrected chi connectivity index (χ4v) is 7.80. The summed E-state index contributed by atoms with van der Waals surface area (Å²) in [6, 6.07) is 0. The van der Waals surface area contributed by atoms with Gasteiger partial charge in [0.05, 0.1) is 18.8 Å². The average Bonchev–Trinajstić information content (AvgIpc) is 2.75. The predicted molar refractivity (Wildman–Crippen MR) is 91.1 cm³/mol. The van der Waals surface area contributed by atoms with Crippen molar-refractivity contribution in [1.29, 1.82) is 0 Å². The third-order valence-corrected chi connectivity index (χ3v) is 8.83. The van der Waals surface area contributed by atoms with Crippen LogP contribution in [0.1, 0.15) is 46.5 Å². The molecule has 27 heavy (non-hydrogen) atoms. The molecule has 6 rings (SSSR count). The lowest BCUT2D eigenvalue weighted by atomic mass is 9.35. The minimum atomic E-state index is -1.97. The fraction of sp³-hybridized carbons (Fsp3) is 0.900. The van der Waals surface area contributed by atoms with Crippen molar-refractivity contribution < 1.29 is 34.4 Å². The van der Waals surface area contributed by atoms with Gasteiger partial charge >= 0.3 is 5.97 Å². The zero-order valence-electron chi connectivity index (χ0n) is 16.0. The summed E-state index contributed by atoms with van der Waals surface area (Å²) in [6.07, 6.45) is -0.805. The van der Waals surface area contributed by atoms with E-state index >= 15 is 0 Å². The van der Waals surface area contributed by atoms with E-state index in [9.17, 15) is 24.9 Å². The normalized spacial score (nSPS) is 57.6. The number of aliphatic hydroxyl groups excluding tert-OH is 2. The summed E-state index contributed by atoms with van der Waals surface area (Å²) >= 11 is 0. The molecule has 0 radical (unpaired) electrons. The quantitative estimate of drug-likeness (QED) is 0.564. The van der Waals surface area contributed by atoms with Crippen molar-refractivity contribution in [2.45, 2.75) is 70.6 Å². The van der Waals surface area contributed by atoms with Crippen LogP contribution in [0.25, 0.3) is 0 Å². The van der Waals surface area contributed by atoms with E-state index in [1.165, 1.54) is 6.92 Å². The van der Waals surface area contributed by atoms with E-state index in [0.29, 0.717) is 19.3 Å². The number of ketones is 1. The molecule has 0 aromatic carbocycles. The van der Waals surface area contributed by atoms with E-state index in [4.69, 9.17) is 9.47 Å². The highest BCUT2D eigenvalue weighted by Gasteiger charge is 2.89. The predicted octanol–water partition coefficient (Wildman–Crippen LogP) is 0.390. The second-order valence-electron chi connectivity index (χ2n) is 10.1. The van der Waals surface area contributed by atoms with Crippen LogP contribution in [0, 0.1) is 34.0 Å². The van der Waals surface area contributed by atoms with E-state index in [-0.39, 0.29) is 23.7 Å². The number of rotatable bonds is 1. The molecule has 6 aliphatic rings. The Kier molecular flexibility index (Phi) is 3.29. The number of Topliss-reactive ketones (excluding diaryl/α,β-unsaturated/α-hetero) is 1. The van der Waals surface area contributed by atoms with E-state index in [0.717, 1.165) is 6.42 Å². The van der Waals surface area contributed by atoms with Crippen LogP contribution >= 0.6 is 0 Å². The molecule has 7 heteroatoms. The number of carbonyl (C=O) groups is 2. The lowest BCUT2D eigenvalue weighted by molar-refractivity contribution is -0.435. The minimum Gasteiger partial charge on any atom is -0.456 e. The smallest absolute Gasteiger partial charge is 0.321 e. The van der Waals surface area contributed by atoms with Crippen LogP contribution in [0.4, 0.5) is 0 Å². The van der Waals surface area contributed by atoms with Gasteiger partial charge in [0.15, 0.2) is 11.5 Å². The number of carbonyl (C=O) groups excluding carboxylic acids is 2. The molecule has 0 amide bonds. The Balaban J connectivity index is 1.77. The first-order chi connectivity index (χ1) is 12.5. The Bertz CT molecular complexity index is 734. The molecular formula is C20H28O7. The number of aliphatic hydroxyl groups is 3. The zero-order chi connectivity index (χ0) is 19.6. The summed E-state index contributed by atoms with van der Waals surface area (Å²) in [5.74, 6) is -4.37. The van der Waals surface area contributed by atoms with Gasteiger partial charge in [0.25, 0.3) is 0 Å². The van der Waals surface area contributed by atoms with E-state index in [1.807, 2.05) is 0 Å². The summed E-state index contributed by atoms with van der Waals surface area (Å²) in [4.78, 5) is 25.4. The summed E-state index contributed by atoms with van der Waals surface area (Å²) in [7, 11) is 0. The van der Waals surface area contributed by atoms with Crippen molar-refractivity contribution in [1.82, 2.24) is 0 Å². The van der Waals surface area contributed by atoms with Crippen LogP contribution in [0.5, 0.6) is 0 Å². The molecule has 2 spiro atoms. The van der Waals surface area contributed by atoms with Gasteiger partial charge in [-0.15, -0.1) is 0 Å². The first-order valence-electron chi connectivity index (χ1n) is 9.99. The molecule has 150 valence electrons.